The Kier molecular flexibility index (Phi) is 9.31. The number of aliphatic carboxylic acids is 2. The average molecular weight is 480 g/mol. The van der Waals surface area contributed by atoms with Gasteiger partial charge in [-0.15, -0.1) is 0 Å². The Balaban J connectivity index is 3.34. The fourth-order valence-electron chi connectivity index (χ4n) is 3.40. The lowest BCUT2D eigenvalue weighted by molar-refractivity contribution is -0.147. The van der Waals surface area contributed by atoms with Gasteiger partial charge in [0.15, 0.2) is 0 Å². The molecule has 0 saturated carbocycles. The quantitative estimate of drug-likeness (QED) is 0.445. The number of hydrogen-bond acceptors (Lipinski definition) is 5. The Morgan fingerprint density at radius 3 is 1.76 bits per heavy atom. The molecule has 0 aliphatic carbocycles. The summed E-state index contributed by atoms with van der Waals surface area (Å²) in [7, 11) is 0. The summed E-state index contributed by atoms with van der Waals surface area (Å²) in [6.45, 7) is 15.4. The van der Waals surface area contributed by atoms with Gasteiger partial charge in [0.2, 0.25) is 0 Å². The third-order valence-corrected chi connectivity index (χ3v) is 5.66. The minimum Gasteiger partial charge on any atom is -0.481 e. The highest BCUT2D eigenvalue weighted by Gasteiger charge is 2.33. The lowest BCUT2D eigenvalue weighted by Crippen LogP contribution is -2.43. The molecule has 1 unspecified atom stereocenters. The number of carboxylic acids is 2. The maximum atomic E-state index is 12.6. The first-order valence-electron chi connectivity index (χ1n) is 11.5. The summed E-state index contributed by atoms with van der Waals surface area (Å²) in [6.07, 6.45) is -1.20. The molecule has 0 radical (unpaired) electrons. The molecule has 34 heavy (non-hydrogen) atoms. The van der Waals surface area contributed by atoms with Crippen LogP contribution in [-0.2, 0) is 27.2 Å². The molecule has 0 fully saturated rings. The van der Waals surface area contributed by atoms with Crippen LogP contribution in [0, 0.1) is 10.8 Å². The van der Waals surface area contributed by atoms with E-state index in [0.29, 0.717) is 16.7 Å². The number of carboxylic acid groups (broad SMARTS) is 2. The molecule has 0 bridgehead atoms. The van der Waals surface area contributed by atoms with Crippen LogP contribution >= 0.6 is 0 Å². The summed E-state index contributed by atoms with van der Waals surface area (Å²) < 4.78 is 5.47. The Hall–Kier alpha value is -2.61. The van der Waals surface area contributed by atoms with Crippen LogP contribution in [0.3, 0.4) is 0 Å². The van der Waals surface area contributed by atoms with Gasteiger partial charge in [0.05, 0.1) is 23.5 Å². The van der Waals surface area contributed by atoms with E-state index >= 15 is 0 Å². The van der Waals surface area contributed by atoms with Gasteiger partial charge in [0, 0.05) is 6.04 Å². The minimum absolute atomic E-state index is 0.00565. The number of aliphatic hydroxyl groups is 1. The van der Waals surface area contributed by atoms with Crippen molar-refractivity contribution in [1.29, 1.82) is 0 Å². The van der Waals surface area contributed by atoms with Crippen LogP contribution < -0.4 is 0 Å². The van der Waals surface area contributed by atoms with E-state index in [1.165, 1.54) is 4.90 Å². The number of benzene rings is 1. The van der Waals surface area contributed by atoms with Crippen molar-refractivity contribution in [2.75, 3.05) is 6.54 Å². The Bertz CT molecular complexity index is 897. The molecule has 0 spiro atoms. The van der Waals surface area contributed by atoms with Crippen LogP contribution in [0.5, 0.6) is 0 Å². The van der Waals surface area contributed by atoms with Gasteiger partial charge in [-0.25, -0.2) is 4.79 Å². The maximum absolute atomic E-state index is 12.6. The van der Waals surface area contributed by atoms with E-state index in [9.17, 15) is 29.7 Å². The highest BCUT2D eigenvalue weighted by atomic mass is 16.6. The summed E-state index contributed by atoms with van der Waals surface area (Å²) in [5.41, 5.74) is -0.928. The summed E-state index contributed by atoms with van der Waals surface area (Å²) in [4.78, 5) is 37.5. The molecular formula is C26H41NO7. The highest BCUT2D eigenvalue weighted by Crippen LogP contribution is 2.31. The van der Waals surface area contributed by atoms with Crippen LogP contribution in [0.15, 0.2) is 18.2 Å². The predicted molar refractivity (Wildman–Crippen MR) is 130 cm³/mol. The van der Waals surface area contributed by atoms with Crippen LogP contribution in [-0.4, -0.2) is 56.4 Å². The number of aliphatic hydroxyl groups excluding tert-OH is 1. The average Bonchev–Trinajstić information content (AvgIpc) is 2.64. The third kappa shape index (κ3) is 8.31. The van der Waals surface area contributed by atoms with E-state index in [-0.39, 0.29) is 25.4 Å². The molecule has 0 heterocycles. The monoisotopic (exact) mass is 479 g/mol. The Labute approximate surface area is 202 Å². The molecule has 8 nitrogen and oxygen atoms in total. The van der Waals surface area contributed by atoms with E-state index in [1.807, 2.05) is 13.8 Å². The zero-order valence-electron chi connectivity index (χ0n) is 21.9. The van der Waals surface area contributed by atoms with Crippen LogP contribution in [0.1, 0.15) is 85.1 Å². The Morgan fingerprint density at radius 2 is 1.35 bits per heavy atom. The van der Waals surface area contributed by atoms with Gasteiger partial charge in [0.25, 0.3) is 0 Å². The minimum atomic E-state index is -1.09. The van der Waals surface area contributed by atoms with Crippen molar-refractivity contribution in [2.24, 2.45) is 10.8 Å². The normalized spacial score (nSPS) is 13.5. The third-order valence-electron chi connectivity index (χ3n) is 5.66. The van der Waals surface area contributed by atoms with Gasteiger partial charge >= 0.3 is 18.0 Å². The molecule has 1 rings (SSSR count). The number of nitrogens with zero attached hydrogens (tertiary/aromatic N) is 1. The number of carbonyl (C=O) groups is 3. The van der Waals surface area contributed by atoms with Crippen LogP contribution in [0.25, 0.3) is 0 Å². The number of amides is 1. The van der Waals surface area contributed by atoms with E-state index in [4.69, 9.17) is 4.74 Å². The van der Waals surface area contributed by atoms with Gasteiger partial charge in [-0.2, -0.15) is 0 Å². The second-order valence-corrected chi connectivity index (χ2v) is 11.5. The fourth-order valence-corrected chi connectivity index (χ4v) is 3.40. The first-order chi connectivity index (χ1) is 15.3. The predicted octanol–water partition coefficient (Wildman–Crippen LogP) is 4.67. The lowest BCUT2D eigenvalue weighted by Gasteiger charge is -2.32. The topological polar surface area (TPSA) is 124 Å². The number of carbonyl (C=O) groups excluding carboxylic acids is 1. The molecule has 1 atom stereocenters. The lowest BCUT2D eigenvalue weighted by atomic mass is 9.79. The van der Waals surface area contributed by atoms with Crippen molar-refractivity contribution < 1.29 is 34.4 Å². The first-order valence-corrected chi connectivity index (χ1v) is 11.5. The van der Waals surface area contributed by atoms with E-state index < -0.39 is 40.6 Å². The molecule has 0 aliphatic heterocycles. The number of rotatable bonds is 10. The fraction of sp³-hybridized carbons (Fsp3) is 0.654. The van der Waals surface area contributed by atoms with E-state index in [1.54, 1.807) is 66.7 Å². The van der Waals surface area contributed by atoms with Crippen LogP contribution in [0.2, 0.25) is 0 Å². The zero-order valence-corrected chi connectivity index (χ0v) is 21.9. The summed E-state index contributed by atoms with van der Waals surface area (Å²) >= 11 is 0. The van der Waals surface area contributed by atoms with Crippen molar-refractivity contribution in [2.45, 2.75) is 92.9 Å². The van der Waals surface area contributed by atoms with Crippen molar-refractivity contribution >= 4 is 18.0 Å². The SMILES string of the molecule is CC(C)N(CC(O)c1ccc(CC(C)(C)C(=O)O)c(CC(C)(C)C(=O)O)c1)C(=O)OC(C)(C)C. The van der Waals surface area contributed by atoms with E-state index in [0.717, 1.165) is 0 Å². The first kappa shape index (κ1) is 29.4. The molecule has 0 saturated heterocycles. The number of ether oxygens (including phenoxy) is 1. The second kappa shape index (κ2) is 10.8. The molecule has 192 valence electrons. The molecule has 0 aliphatic rings. The summed E-state index contributed by atoms with van der Waals surface area (Å²) in [5, 5.41) is 30.2. The Morgan fingerprint density at radius 1 is 0.882 bits per heavy atom. The van der Waals surface area contributed by atoms with Gasteiger partial charge in [-0.1, -0.05) is 18.2 Å². The van der Waals surface area contributed by atoms with Gasteiger partial charge in [0.1, 0.15) is 5.60 Å². The van der Waals surface area contributed by atoms with E-state index in [2.05, 4.69) is 0 Å². The largest absolute Gasteiger partial charge is 0.481 e. The van der Waals surface area contributed by atoms with Crippen LogP contribution in [0.4, 0.5) is 4.79 Å². The molecule has 3 N–H and O–H groups in total. The zero-order chi connectivity index (χ0) is 26.6. The standard InChI is InChI=1S/C26H41NO7/c1-16(2)27(23(33)34-24(3,4)5)15-20(28)17-10-11-18(13-25(6,7)21(29)30)19(12-17)14-26(8,9)22(31)32/h10-12,16,20,28H,13-15H2,1-9H3,(H,29,30)(H,31,32). The maximum Gasteiger partial charge on any atom is 0.410 e. The van der Waals surface area contributed by atoms with Gasteiger partial charge in [-0.3, -0.25) is 9.59 Å². The molecule has 8 heteroatoms. The second-order valence-electron chi connectivity index (χ2n) is 11.5. The van der Waals surface area contributed by atoms with Crippen molar-refractivity contribution in [1.82, 2.24) is 4.90 Å². The van der Waals surface area contributed by atoms with Crippen molar-refractivity contribution in [3.05, 3.63) is 34.9 Å². The number of hydrogen-bond donors (Lipinski definition) is 3. The van der Waals surface area contributed by atoms with Gasteiger partial charge in [-0.05, 0) is 91.8 Å². The summed E-state index contributed by atoms with van der Waals surface area (Å²) in [5.74, 6) is -1.93. The van der Waals surface area contributed by atoms with Crippen molar-refractivity contribution in [3.63, 3.8) is 0 Å². The highest BCUT2D eigenvalue weighted by molar-refractivity contribution is 5.75. The molecule has 1 aromatic carbocycles. The summed E-state index contributed by atoms with van der Waals surface area (Å²) in [6, 6.07) is 4.94. The molecule has 1 aromatic rings. The van der Waals surface area contributed by atoms with Crippen molar-refractivity contribution in [3.8, 4) is 0 Å². The van der Waals surface area contributed by atoms with Gasteiger partial charge < -0.3 is 25.0 Å². The molecular weight excluding hydrogens is 438 g/mol. The molecule has 1 amide bonds. The molecule has 0 aromatic heterocycles. The smallest absolute Gasteiger partial charge is 0.410 e.